The molecule has 0 bridgehead atoms. The van der Waals surface area contributed by atoms with Gasteiger partial charge in [0.25, 0.3) is 5.91 Å². The molecule has 2 amide bonds. The lowest BCUT2D eigenvalue weighted by molar-refractivity contribution is -0.136. The Morgan fingerprint density at radius 2 is 2.04 bits per heavy atom. The summed E-state index contributed by atoms with van der Waals surface area (Å²) in [4.78, 5) is 29.0. The van der Waals surface area contributed by atoms with Crippen LogP contribution in [0.25, 0.3) is 0 Å². The van der Waals surface area contributed by atoms with Gasteiger partial charge in [-0.3, -0.25) is 9.59 Å². The van der Waals surface area contributed by atoms with Gasteiger partial charge in [0.2, 0.25) is 5.91 Å². The zero-order chi connectivity index (χ0) is 19.8. The Morgan fingerprint density at radius 1 is 1.26 bits per heavy atom. The highest BCUT2D eigenvalue weighted by Crippen LogP contribution is 2.29. The van der Waals surface area contributed by atoms with Crippen LogP contribution in [0.3, 0.4) is 0 Å². The zero-order valence-corrected chi connectivity index (χ0v) is 16.7. The Bertz CT molecular complexity index is 649. The first kappa shape index (κ1) is 21.0. The fraction of sp³-hybridized carbons (Fsp3) is 0.600. The van der Waals surface area contributed by atoms with E-state index < -0.39 is 0 Å². The predicted molar refractivity (Wildman–Crippen MR) is 102 cm³/mol. The molecule has 2 rings (SSSR count). The van der Waals surface area contributed by atoms with Crippen LogP contribution in [-0.4, -0.2) is 75.7 Å². The van der Waals surface area contributed by atoms with Crippen LogP contribution in [-0.2, 0) is 9.53 Å². The molecule has 0 N–H and O–H groups in total. The van der Waals surface area contributed by atoms with Gasteiger partial charge in [-0.05, 0) is 38.0 Å². The van der Waals surface area contributed by atoms with Crippen molar-refractivity contribution < 1.29 is 23.8 Å². The lowest BCUT2D eigenvalue weighted by Crippen LogP contribution is -2.46. The van der Waals surface area contributed by atoms with Crippen molar-refractivity contribution in [3.63, 3.8) is 0 Å². The SMILES string of the molecule is CCOc1cc(C(=O)N2CCCC(C(=O)N(C)CCOC)C2)ccc1OC. The van der Waals surface area contributed by atoms with Gasteiger partial charge >= 0.3 is 0 Å². The molecule has 1 saturated heterocycles. The second-order valence-electron chi connectivity index (χ2n) is 6.64. The van der Waals surface area contributed by atoms with E-state index in [2.05, 4.69) is 0 Å². The van der Waals surface area contributed by atoms with Crippen LogP contribution < -0.4 is 9.47 Å². The highest BCUT2D eigenvalue weighted by atomic mass is 16.5. The van der Waals surface area contributed by atoms with Gasteiger partial charge in [0.1, 0.15) is 0 Å². The Morgan fingerprint density at radius 3 is 2.70 bits per heavy atom. The van der Waals surface area contributed by atoms with E-state index in [1.807, 2.05) is 6.92 Å². The molecule has 150 valence electrons. The Balaban J connectivity index is 2.08. The number of benzene rings is 1. The van der Waals surface area contributed by atoms with Gasteiger partial charge in [0.05, 0.1) is 26.2 Å². The summed E-state index contributed by atoms with van der Waals surface area (Å²) in [5, 5.41) is 0. The third-order valence-corrected chi connectivity index (χ3v) is 4.78. The molecule has 0 radical (unpaired) electrons. The molecule has 0 aromatic heterocycles. The number of likely N-dealkylation sites (N-methyl/N-ethyl adjacent to an activating group) is 1. The first-order valence-electron chi connectivity index (χ1n) is 9.35. The van der Waals surface area contributed by atoms with Gasteiger partial charge in [0.15, 0.2) is 11.5 Å². The minimum Gasteiger partial charge on any atom is -0.493 e. The first-order valence-corrected chi connectivity index (χ1v) is 9.35. The van der Waals surface area contributed by atoms with Gasteiger partial charge in [-0.15, -0.1) is 0 Å². The van der Waals surface area contributed by atoms with E-state index in [1.54, 1.807) is 49.3 Å². The van der Waals surface area contributed by atoms with E-state index in [4.69, 9.17) is 14.2 Å². The van der Waals surface area contributed by atoms with Crippen LogP contribution in [0.15, 0.2) is 18.2 Å². The van der Waals surface area contributed by atoms with Gasteiger partial charge in [-0.1, -0.05) is 0 Å². The van der Waals surface area contributed by atoms with E-state index >= 15 is 0 Å². The minimum atomic E-state index is -0.172. The molecule has 0 saturated carbocycles. The summed E-state index contributed by atoms with van der Waals surface area (Å²) in [5.41, 5.74) is 0.542. The summed E-state index contributed by atoms with van der Waals surface area (Å²) in [7, 11) is 4.96. The average Bonchev–Trinajstić information content (AvgIpc) is 2.71. The zero-order valence-electron chi connectivity index (χ0n) is 16.7. The molecule has 7 heteroatoms. The molecule has 1 heterocycles. The van der Waals surface area contributed by atoms with Gasteiger partial charge in [-0.2, -0.15) is 0 Å². The summed E-state index contributed by atoms with van der Waals surface area (Å²) in [6.07, 6.45) is 1.61. The Hall–Kier alpha value is -2.28. The van der Waals surface area contributed by atoms with Crippen molar-refractivity contribution in [3.8, 4) is 11.5 Å². The van der Waals surface area contributed by atoms with Gasteiger partial charge in [0, 0.05) is 39.4 Å². The number of likely N-dealkylation sites (tertiary alicyclic amines) is 1. The number of amides is 2. The van der Waals surface area contributed by atoms with Crippen LogP contribution in [0.4, 0.5) is 0 Å². The van der Waals surface area contributed by atoms with Crippen LogP contribution in [0.2, 0.25) is 0 Å². The molecule has 1 aromatic carbocycles. The maximum Gasteiger partial charge on any atom is 0.254 e. The summed E-state index contributed by atoms with van der Waals surface area (Å²) in [6, 6.07) is 5.18. The molecule has 1 atom stereocenters. The highest BCUT2D eigenvalue weighted by molar-refractivity contribution is 5.95. The topological polar surface area (TPSA) is 68.3 Å². The smallest absolute Gasteiger partial charge is 0.254 e. The monoisotopic (exact) mass is 378 g/mol. The molecule has 0 aliphatic carbocycles. The van der Waals surface area contributed by atoms with Crippen molar-refractivity contribution in [2.75, 3.05) is 54.1 Å². The normalized spacial score (nSPS) is 16.7. The quantitative estimate of drug-likeness (QED) is 0.693. The molecule has 1 aliphatic rings. The van der Waals surface area contributed by atoms with Crippen molar-refractivity contribution in [1.29, 1.82) is 0 Å². The molecule has 1 aliphatic heterocycles. The van der Waals surface area contributed by atoms with Crippen molar-refractivity contribution in [2.45, 2.75) is 19.8 Å². The summed E-state index contributed by atoms with van der Waals surface area (Å²) in [6.45, 7) is 4.52. The number of rotatable bonds is 8. The first-order chi connectivity index (χ1) is 13.0. The van der Waals surface area contributed by atoms with Crippen molar-refractivity contribution >= 4 is 11.8 Å². The number of hydrogen-bond donors (Lipinski definition) is 0. The van der Waals surface area contributed by atoms with E-state index in [0.29, 0.717) is 49.9 Å². The summed E-state index contributed by atoms with van der Waals surface area (Å²) >= 11 is 0. The summed E-state index contributed by atoms with van der Waals surface area (Å²) < 4.78 is 15.9. The predicted octanol–water partition coefficient (Wildman–Crippen LogP) is 2.05. The fourth-order valence-electron chi connectivity index (χ4n) is 3.27. The number of hydrogen-bond acceptors (Lipinski definition) is 5. The molecule has 1 aromatic rings. The number of nitrogens with zero attached hydrogens (tertiary/aromatic N) is 2. The van der Waals surface area contributed by atoms with Crippen molar-refractivity contribution in [1.82, 2.24) is 9.80 Å². The third-order valence-electron chi connectivity index (χ3n) is 4.78. The Labute approximate surface area is 161 Å². The standard InChI is InChI=1S/C20H30N2O5/c1-5-27-18-13-15(8-9-17(18)26-4)20(24)22-10-6-7-16(14-22)19(23)21(2)11-12-25-3/h8-9,13,16H,5-7,10-12,14H2,1-4H3. The highest BCUT2D eigenvalue weighted by Gasteiger charge is 2.30. The third kappa shape index (κ3) is 5.35. The summed E-state index contributed by atoms with van der Waals surface area (Å²) in [5.74, 6) is 0.953. The molecule has 0 spiro atoms. The number of piperidine rings is 1. The number of methoxy groups -OCH3 is 2. The number of ether oxygens (including phenoxy) is 3. The molecule has 1 fully saturated rings. The van der Waals surface area contributed by atoms with Crippen LogP contribution in [0.5, 0.6) is 11.5 Å². The number of carbonyl (C=O) groups is 2. The second-order valence-corrected chi connectivity index (χ2v) is 6.64. The lowest BCUT2D eigenvalue weighted by atomic mass is 9.96. The van der Waals surface area contributed by atoms with Crippen LogP contribution in [0.1, 0.15) is 30.1 Å². The Kier molecular flexibility index (Phi) is 7.91. The number of carbonyl (C=O) groups excluding carboxylic acids is 2. The van der Waals surface area contributed by atoms with E-state index in [1.165, 1.54) is 0 Å². The fourth-order valence-corrected chi connectivity index (χ4v) is 3.27. The maximum absolute atomic E-state index is 13.0. The van der Waals surface area contributed by atoms with E-state index in [0.717, 1.165) is 12.8 Å². The minimum absolute atomic E-state index is 0.0642. The molecule has 27 heavy (non-hydrogen) atoms. The molecular formula is C20H30N2O5. The molecular weight excluding hydrogens is 348 g/mol. The van der Waals surface area contributed by atoms with Gasteiger partial charge in [-0.25, -0.2) is 0 Å². The van der Waals surface area contributed by atoms with E-state index in [-0.39, 0.29) is 17.7 Å². The van der Waals surface area contributed by atoms with E-state index in [9.17, 15) is 9.59 Å². The van der Waals surface area contributed by atoms with Crippen molar-refractivity contribution in [2.24, 2.45) is 5.92 Å². The van der Waals surface area contributed by atoms with Crippen LogP contribution in [0, 0.1) is 5.92 Å². The average molecular weight is 378 g/mol. The molecule has 1 unspecified atom stereocenters. The van der Waals surface area contributed by atoms with Crippen molar-refractivity contribution in [3.05, 3.63) is 23.8 Å². The van der Waals surface area contributed by atoms with Crippen LogP contribution >= 0.6 is 0 Å². The van der Waals surface area contributed by atoms with Gasteiger partial charge < -0.3 is 24.0 Å². The maximum atomic E-state index is 13.0. The molecule has 7 nitrogen and oxygen atoms in total. The lowest BCUT2D eigenvalue weighted by Gasteiger charge is -2.34. The largest absolute Gasteiger partial charge is 0.493 e. The second kappa shape index (κ2) is 10.2.